The summed E-state index contributed by atoms with van der Waals surface area (Å²) in [7, 11) is 1.55. The van der Waals surface area contributed by atoms with Crippen LogP contribution in [0, 0.1) is 23.7 Å². The average Bonchev–Trinajstić information content (AvgIpc) is 3.84. The summed E-state index contributed by atoms with van der Waals surface area (Å²) in [5.41, 5.74) is 3.49. The molecular formula is C42H33Cl2N3O6S. The van der Waals surface area contributed by atoms with Crippen molar-refractivity contribution in [2.45, 2.75) is 30.7 Å². The second kappa shape index (κ2) is 13.0. The molecule has 0 spiro atoms. The monoisotopic (exact) mass is 777 g/mol. The van der Waals surface area contributed by atoms with E-state index < -0.39 is 46.8 Å². The van der Waals surface area contributed by atoms with Crippen molar-refractivity contribution >= 4 is 74.6 Å². The number of hydrazine groups is 1. The molecule has 1 saturated carbocycles. The Morgan fingerprint density at radius 2 is 1.70 bits per heavy atom. The van der Waals surface area contributed by atoms with Crippen LogP contribution in [0.2, 0.25) is 10.0 Å². The Balaban J connectivity index is 1.28. The average molecular weight is 779 g/mol. The molecule has 0 unspecified atom stereocenters. The van der Waals surface area contributed by atoms with Gasteiger partial charge in [-0.15, -0.1) is 11.3 Å². The van der Waals surface area contributed by atoms with Gasteiger partial charge in [0, 0.05) is 21.4 Å². The maximum Gasteiger partial charge on any atom is 0.260 e. The molecule has 54 heavy (non-hydrogen) atoms. The second-order valence-electron chi connectivity index (χ2n) is 14.3. The Bertz CT molecular complexity index is 2420. The van der Waals surface area contributed by atoms with Gasteiger partial charge in [-0.05, 0) is 82.9 Å². The summed E-state index contributed by atoms with van der Waals surface area (Å²) in [4.78, 5) is 61.4. The largest absolute Gasteiger partial charge is 0.508 e. The lowest BCUT2D eigenvalue weighted by Gasteiger charge is -2.51. The van der Waals surface area contributed by atoms with Crippen molar-refractivity contribution in [1.82, 2.24) is 9.91 Å². The van der Waals surface area contributed by atoms with Gasteiger partial charge in [0.05, 0.1) is 47.5 Å². The number of nitrogens with zero attached hydrogens (tertiary/aromatic N) is 2. The molecule has 6 atom stereocenters. The van der Waals surface area contributed by atoms with E-state index in [0.29, 0.717) is 33.0 Å². The van der Waals surface area contributed by atoms with Crippen LogP contribution in [0.15, 0.2) is 108 Å². The van der Waals surface area contributed by atoms with Crippen molar-refractivity contribution in [3.05, 3.63) is 134 Å². The van der Waals surface area contributed by atoms with Gasteiger partial charge in [0.2, 0.25) is 11.8 Å². The quantitative estimate of drug-likeness (QED) is 0.127. The molecule has 272 valence electrons. The van der Waals surface area contributed by atoms with Crippen molar-refractivity contribution in [2.24, 2.45) is 23.7 Å². The molecule has 4 aromatic carbocycles. The van der Waals surface area contributed by atoms with Crippen molar-refractivity contribution < 1.29 is 29.0 Å². The van der Waals surface area contributed by atoms with E-state index in [2.05, 4.69) is 5.43 Å². The van der Waals surface area contributed by atoms with E-state index in [4.69, 9.17) is 27.9 Å². The highest BCUT2D eigenvalue weighted by Crippen LogP contribution is 2.65. The standard InChI is InChI=1S/C42H33Cl2N3O6S/c1-53-25-12-9-23(10-13-25)42-31(39(50)47(41(42)52)45-33-16-11-24(43)19-32(33)44)20-30-28(37(42)36-27-7-3-2-5-22(27)8-17-34(36)48)14-15-29-35(30)40(51)46(38(29)49)21-26-6-4-18-54-26/h2-14,16-19,29-31,35,37,45,48H,15,20-21H2,1H3/t29-,30+,31-,35-,37+,42+/m0/s1. The highest BCUT2D eigenvalue weighted by Gasteiger charge is 2.70. The molecule has 3 fully saturated rings. The molecule has 3 heterocycles. The topological polar surface area (TPSA) is 116 Å². The van der Waals surface area contributed by atoms with Gasteiger partial charge in [0.25, 0.3) is 11.8 Å². The van der Waals surface area contributed by atoms with Crippen molar-refractivity contribution in [3.63, 3.8) is 0 Å². The predicted octanol–water partition coefficient (Wildman–Crippen LogP) is 8.11. The van der Waals surface area contributed by atoms with Crippen LogP contribution in [0.3, 0.4) is 0 Å². The number of phenolic OH excluding ortho intramolecular Hbond substituents is 1. The SMILES string of the molecule is COc1ccc([C@@]23C(=O)N(Nc4ccc(Cl)cc4Cl)C(=O)[C@@H]2C[C@@H]2C(=CC[C@@H]4C(=O)N(Cc5cccs5)C(=O)[C@@H]42)[C@@H]3c2c(O)ccc3ccccc23)cc1. The fraction of sp³-hybridized carbons (Fsp3) is 0.238. The zero-order valence-corrected chi connectivity index (χ0v) is 31.2. The van der Waals surface area contributed by atoms with Gasteiger partial charge < -0.3 is 9.84 Å². The molecule has 9 rings (SSSR count). The van der Waals surface area contributed by atoms with E-state index in [1.54, 1.807) is 49.6 Å². The minimum absolute atomic E-state index is 0.0467. The van der Waals surface area contributed by atoms with Crippen LogP contribution in [-0.4, -0.2) is 45.8 Å². The van der Waals surface area contributed by atoms with E-state index in [1.807, 2.05) is 53.9 Å². The number of fused-ring (bicyclic) bond motifs is 5. The number of carbonyl (C=O) groups is 4. The smallest absolute Gasteiger partial charge is 0.260 e. The third kappa shape index (κ3) is 5.03. The molecular weight excluding hydrogens is 745 g/mol. The number of nitrogens with one attached hydrogen (secondary N) is 1. The molecule has 1 aromatic heterocycles. The van der Waals surface area contributed by atoms with Crippen LogP contribution in [-0.2, 0) is 31.1 Å². The van der Waals surface area contributed by atoms with E-state index >= 15 is 9.59 Å². The summed E-state index contributed by atoms with van der Waals surface area (Å²) in [5, 5.41) is 17.0. The van der Waals surface area contributed by atoms with E-state index in [0.717, 1.165) is 20.8 Å². The number of thiophene rings is 1. The molecule has 4 aliphatic rings. The van der Waals surface area contributed by atoms with Gasteiger partial charge in [-0.1, -0.05) is 83.4 Å². The Morgan fingerprint density at radius 3 is 2.44 bits per heavy atom. The van der Waals surface area contributed by atoms with Gasteiger partial charge in [0.1, 0.15) is 11.5 Å². The summed E-state index contributed by atoms with van der Waals surface area (Å²) < 4.78 is 5.50. The minimum Gasteiger partial charge on any atom is -0.508 e. The molecule has 0 bridgehead atoms. The summed E-state index contributed by atoms with van der Waals surface area (Å²) in [6.45, 7) is 0.175. The first kappa shape index (κ1) is 34.6. The van der Waals surface area contributed by atoms with Crippen LogP contribution in [0.4, 0.5) is 5.69 Å². The molecule has 2 N–H and O–H groups in total. The molecule has 2 aliphatic heterocycles. The number of methoxy groups -OCH3 is 1. The molecule has 2 saturated heterocycles. The molecule has 12 heteroatoms. The Hall–Kier alpha value is -5.16. The summed E-state index contributed by atoms with van der Waals surface area (Å²) in [6, 6.07) is 26.6. The summed E-state index contributed by atoms with van der Waals surface area (Å²) in [5.74, 6) is -4.94. The highest BCUT2D eigenvalue weighted by atomic mass is 35.5. The molecule has 5 aromatic rings. The summed E-state index contributed by atoms with van der Waals surface area (Å²) in [6.07, 6.45) is 2.38. The number of halogens is 2. The Labute approximate surface area is 324 Å². The van der Waals surface area contributed by atoms with Gasteiger partial charge >= 0.3 is 0 Å². The maximum absolute atomic E-state index is 15.6. The minimum atomic E-state index is -1.60. The first-order chi connectivity index (χ1) is 26.1. The van der Waals surface area contributed by atoms with Crippen LogP contribution in [0.5, 0.6) is 11.5 Å². The normalized spacial score (nSPS) is 26.1. The number of likely N-dealkylation sites (tertiary alicyclic amines) is 1. The van der Waals surface area contributed by atoms with Crippen LogP contribution in [0.25, 0.3) is 10.8 Å². The molecule has 9 nitrogen and oxygen atoms in total. The number of aromatic hydroxyl groups is 1. The van der Waals surface area contributed by atoms with Gasteiger partial charge in [-0.25, -0.2) is 0 Å². The number of benzene rings is 4. The van der Waals surface area contributed by atoms with Crippen LogP contribution < -0.4 is 10.2 Å². The van der Waals surface area contributed by atoms with Crippen molar-refractivity contribution in [2.75, 3.05) is 12.5 Å². The molecule has 2 aliphatic carbocycles. The number of rotatable bonds is 7. The Kier molecular flexibility index (Phi) is 8.33. The number of carbonyl (C=O) groups excluding carboxylic acids is 4. The molecule has 0 radical (unpaired) electrons. The zero-order valence-electron chi connectivity index (χ0n) is 28.9. The third-order valence-electron chi connectivity index (χ3n) is 11.8. The van der Waals surface area contributed by atoms with Crippen molar-refractivity contribution in [1.29, 1.82) is 0 Å². The highest BCUT2D eigenvalue weighted by molar-refractivity contribution is 7.09. The lowest BCUT2D eigenvalue weighted by atomic mass is 9.48. The second-order valence-corrected chi connectivity index (χ2v) is 16.1. The van der Waals surface area contributed by atoms with Gasteiger partial charge in [0.15, 0.2) is 0 Å². The lowest BCUT2D eigenvalue weighted by molar-refractivity contribution is -0.141. The first-order valence-corrected chi connectivity index (χ1v) is 19.3. The van der Waals surface area contributed by atoms with E-state index in [1.165, 1.54) is 22.3 Å². The number of allylic oxidation sites excluding steroid dienone is 2. The van der Waals surface area contributed by atoms with Gasteiger partial charge in [-0.3, -0.25) is 29.5 Å². The molecule has 4 amide bonds. The predicted molar refractivity (Wildman–Crippen MR) is 206 cm³/mol. The lowest BCUT2D eigenvalue weighted by Crippen LogP contribution is -2.53. The number of phenols is 1. The third-order valence-corrected chi connectivity index (χ3v) is 13.2. The fourth-order valence-corrected chi connectivity index (χ4v) is 10.7. The van der Waals surface area contributed by atoms with E-state index in [-0.39, 0.29) is 42.0 Å². The zero-order chi connectivity index (χ0) is 37.5. The fourth-order valence-electron chi connectivity index (χ4n) is 9.52. The number of imide groups is 2. The van der Waals surface area contributed by atoms with Crippen LogP contribution in [0.1, 0.15) is 34.8 Å². The number of amides is 4. The first-order valence-electron chi connectivity index (χ1n) is 17.7. The Morgan fingerprint density at radius 1 is 0.907 bits per heavy atom. The number of hydrogen-bond acceptors (Lipinski definition) is 8. The van der Waals surface area contributed by atoms with E-state index in [9.17, 15) is 14.7 Å². The maximum atomic E-state index is 15.6. The van der Waals surface area contributed by atoms with Crippen molar-refractivity contribution in [3.8, 4) is 11.5 Å². The summed E-state index contributed by atoms with van der Waals surface area (Å²) >= 11 is 14.3. The number of anilines is 1. The van der Waals surface area contributed by atoms with Gasteiger partial charge in [-0.2, -0.15) is 5.01 Å². The van der Waals surface area contributed by atoms with Crippen LogP contribution >= 0.6 is 34.5 Å². The number of hydrogen-bond donors (Lipinski definition) is 2. The number of ether oxygens (including phenoxy) is 1.